The minimum absolute atomic E-state index is 0.0149. The molecule has 4 rings (SSSR count). The fourth-order valence-corrected chi connectivity index (χ4v) is 3.72. The van der Waals surface area contributed by atoms with Crippen LogP contribution in [0.3, 0.4) is 0 Å². The first-order chi connectivity index (χ1) is 11.8. The van der Waals surface area contributed by atoms with Crippen molar-refractivity contribution in [1.29, 1.82) is 0 Å². The molecule has 6 nitrogen and oxygen atoms in total. The maximum atomic E-state index is 12.2. The SMILES string of the molecule is Cc1cc(O)c2c(c1)C[C@@H](O)c1c(O)c3c(c(O)c1-2)C(=O)C=CC3=O. The van der Waals surface area contributed by atoms with Crippen molar-refractivity contribution in [2.75, 3.05) is 0 Å². The van der Waals surface area contributed by atoms with Crippen LogP contribution in [-0.4, -0.2) is 32.0 Å². The van der Waals surface area contributed by atoms with Gasteiger partial charge in [-0.05, 0) is 36.3 Å². The fraction of sp³-hybridized carbons (Fsp3) is 0.158. The van der Waals surface area contributed by atoms with Gasteiger partial charge in [-0.1, -0.05) is 6.07 Å². The zero-order chi connectivity index (χ0) is 18.0. The van der Waals surface area contributed by atoms with Crippen molar-refractivity contribution in [3.63, 3.8) is 0 Å². The van der Waals surface area contributed by atoms with Crippen molar-refractivity contribution >= 4 is 11.6 Å². The van der Waals surface area contributed by atoms with E-state index < -0.39 is 29.2 Å². The molecule has 0 heterocycles. The number of ketones is 2. The van der Waals surface area contributed by atoms with E-state index in [-0.39, 0.29) is 40.0 Å². The summed E-state index contributed by atoms with van der Waals surface area (Å²) in [6.45, 7) is 1.78. The Hall–Kier alpha value is -3.12. The number of rotatable bonds is 0. The molecule has 0 fully saturated rings. The highest BCUT2D eigenvalue weighted by Gasteiger charge is 2.38. The van der Waals surface area contributed by atoms with E-state index in [1.54, 1.807) is 13.0 Å². The second kappa shape index (κ2) is 4.94. The van der Waals surface area contributed by atoms with Crippen LogP contribution >= 0.6 is 0 Å². The molecule has 4 N–H and O–H groups in total. The normalized spacial score (nSPS) is 17.9. The first-order valence-electron chi connectivity index (χ1n) is 7.70. The quantitative estimate of drug-likeness (QED) is 0.548. The molecule has 2 aromatic carbocycles. The number of phenolic OH excluding ortho intramolecular Hbond substituents is 3. The van der Waals surface area contributed by atoms with Gasteiger partial charge in [0.05, 0.1) is 17.2 Å². The molecule has 0 saturated carbocycles. The van der Waals surface area contributed by atoms with Crippen molar-refractivity contribution in [1.82, 2.24) is 0 Å². The van der Waals surface area contributed by atoms with Gasteiger partial charge in [0.2, 0.25) is 0 Å². The van der Waals surface area contributed by atoms with E-state index in [0.29, 0.717) is 5.56 Å². The molecule has 126 valence electrons. The lowest BCUT2D eigenvalue weighted by Gasteiger charge is -2.29. The average Bonchev–Trinajstić information content (AvgIpc) is 2.53. The van der Waals surface area contributed by atoms with Crippen LogP contribution < -0.4 is 0 Å². The highest BCUT2D eigenvalue weighted by atomic mass is 16.3. The summed E-state index contributed by atoms with van der Waals surface area (Å²) < 4.78 is 0. The molecule has 0 amide bonds. The maximum Gasteiger partial charge on any atom is 0.190 e. The van der Waals surface area contributed by atoms with Gasteiger partial charge in [-0.3, -0.25) is 9.59 Å². The Bertz CT molecular complexity index is 1020. The number of hydrogen-bond acceptors (Lipinski definition) is 6. The van der Waals surface area contributed by atoms with E-state index >= 15 is 0 Å². The van der Waals surface area contributed by atoms with Crippen molar-refractivity contribution in [3.8, 4) is 28.4 Å². The van der Waals surface area contributed by atoms with E-state index in [2.05, 4.69) is 0 Å². The third-order valence-electron chi connectivity index (χ3n) is 4.70. The molecular formula is C19H14O6. The Balaban J connectivity index is 2.18. The zero-order valence-corrected chi connectivity index (χ0v) is 13.2. The number of carbonyl (C=O) groups is 2. The lowest BCUT2D eigenvalue weighted by atomic mass is 9.77. The van der Waals surface area contributed by atoms with Gasteiger partial charge < -0.3 is 20.4 Å². The van der Waals surface area contributed by atoms with Crippen LogP contribution in [0.5, 0.6) is 17.2 Å². The molecule has 0 aromatic heterocycles. The van der Waals surface area contributed by atoms with Crippen LogP contribution in [0.15, 0.2) is 24.3 Å². The Morgan fingerprint density at radius 1 is 0.880 bits per heavy atom. The van der Waals surface area contributed by atoms with Gasteiger partial charge in [-0.15, -0.1) is 0 Å². The van der Waals surface area contributed by atoms with Gasteiger partial charge in [0.25, 0.3) is 0 Å². The first kappa shape index (κ1) is 15.4. The molecule has 0 unspecified atom stereocenters. The van der Waals surface area contributed by atoms with Crippen LogP contribution in [0.25, 0.3) is 11.1 Å². The molecule has 2 aliphatic rings. The number of phenols is 3. The molecule has 0 bridgehead atoms. The Morgan fingerprint density at radius 2 is 1.48 bits per heavy atom. The standard InChI is InChI=1S/C19H14O6/c1-7-4-8-6-12(23)16-17(13(8)11(22)5-7)19(25)15-10(21)3-2-9(20)14(15)18(16)24/h2-5,12,22-25H,6H2,1H3/t12-/m1/s1. The lowest BCUT2D eigenvalue weighted by molar-refractivity contribution is 0.0988. The number of aliphatic hydroxyl groups excluding tert-OH is 1. The summed E-state index contributed by atoms with van der Waals surface area (Å²) in [6, 6.07) is 3.24. The summed E-state index contributed by atoms with van der Waals surface area (Å²) in [5, 5.41) is 42.1. The third-order valence-corrected chi connectivity index (χ3v) is 4.70. The average molecular weight is 338 g/mol. The highest BCUT2D eigenvalue weighted by Crippen LogP contribution is 2.54. The van der Waals surface area contributed by atoms with Crippen molar-refractivity contribution in [2.24, 2.45) is 0 Å². The largest absolute Gasteiger partial charge is 0.507 e. The Labute approximate surface area is 142 Å². The Morgan fingerprint density at radius 3 is 2.12 bits per heavy atom. The number of aryl methyl sites for hydroxylation is 1. The second-order valence-electron chi connectivity index (χ2n) is 6.34. The van der Waals surface area contributed by atoms with Crippen molar-refractivity contribution in [2.45, 2.75) is 19.4 Å². The van der Waals surface area contributed by atoms with E-state index in [4.69, 9.17) is 0 Å². The topological polar surface area (TPSA) is 115 Å². The third kappa shape index (κ3) is 1.94. The number of fused-ring (bicyclic) bond motifs is 4. The summed E-state index contributed by atoms with van der Waals surface area (Å²) in [7, 11) is 0. The molecular weight excluding hydrogens is 324 g/mol. The lowest BCUT2D eigenvalue weighted by Crippen LogP contribution is -2.18. The van der Waals surface area contributed by atoms with Crippen LogP contribution in [0.4, 0.5) is 0 Å². The summed E-state index contributed by atoms with van der Waals surface area (Å²) in [5.41, 5.74) is 0.885. The highest BCUT2D eigenvalue weighted by molar-refractivity contribution is 6.25. The minimum atomic E-state index is -1.19. The summed E-state index contributed by atoms with van der Waals surface area (Å²) in [6.07, 6.45) is 0.945. The molecule has 2 aromatic rings. The number of allylic oxidation sites excluding steroid dienone is 2. The van der Waals surface area contributed by atoms with Gasteiger partial charge in [-0.25, -0.2) is 0 Å². The monoisotopic (exact) mass is 338 g/mol. The molecule has 0 aliphatic heterocycles. The van der Waals surface area contributed by atoms with E-state index in [1.807, 2.05) is 0 Å². The summed E-state index contributed by atoms with van der Waals surface area (Å²) in [5.74, 6) is -2.45. The molecule has 2 aliphatic carbocycles. The van der Waals surface area contributed by atoms with Gasteiger partial charge in [0, 0.05) is 23.1 Å². The Kier molecular flexibility index (Phi) is 3.04. The number of benzene rings is 2. The van der Waals surface area contributed by atoms with Gasteiger partial charge in [-0.2, -0.15) is 0 Å². The predicted molar refractivity (Wildman–Crippen MR) is 88.1 cm³/mol. The predicted octanol–water partition coefficient (Wildman–Crippen LogP) is 2.30. The van der Waals surface area contributed by atoms with Crippen LogP contribution in [0.2, 0.25) is 0 Å². The minimum Gasteiger partial charge on any atom is -0.507 e. The van der Waals surface area contributed by atoms with E-state index in [1.165, 1.54) is 6.07 Å². The molecule has 0 saturated heterocycles. The zero-order valence-electron chi connectivity index (χ0n) is 13.2. The maximum absolute atomic E-state index is 12.2. The van der Waals surface area contributed by atoms with Crippen molar-refractivity contribution < 1.29 is 30.0 Å². The van der Waals surface area contributed by atoms with Crippen LogP contribution in [-0.2, 0) is 6.42 Å². The van der Waals surface area contributed by atoms with Gasteiger partial charge in [0.15, 0.2) is 11.6 Å². The molecule has 1 atom stereocenters. The smallest absolute Gasteiger partial charge is 0.190 e. The molecule has 0 radical (unpaired) electrons. The van der Waals surface area contributed by atoms with Crippen molar-refractivity contribution in [3.05, 3.63) is 52.1 Å². The molecule has 0 spiro atoms. The van der Waals surface area contributed by atoms with Gasteiger partial charge >= 0.3 is 0 Å². The van der Waals surface area contributed by atoms with Crippen LogP contribution in [0, 0.1) is 6.92 Å². The summed E-state index contributed by atoms with van der Waals surface area (Å²) in [4.78, 5) is 24.3. The van der Waals surface area contributed by atoms with Gasteiger partial charge in [0.1, 0.15) is 17.2 Å². The number of hydrogen-bond donors (Lipinski definition) is 4. The fourth-order valence-electron chi connectivity index (χ4n) is 3.72. The number of aromatic hydroxyl groups is 3. The summed E-state index contributed by atoms with van der Waals surface area (Å²) >= 11 is 0. The second-order valence-corrected chi connectivity index (χ2v) is 6.34. The van der Waals surface area contributed by atoms with E-state index in [0.717, 1.165) is 17.7 Å². The number of aliphatic hydroxyl groups is 1. The number of carbonyl (C=O) groups excluding carboxylic acids is 2. The van der Waals surface area contributed by atoms with E-state index in [9.17, 15) is 30.0 Å². The van der Waals surface area contributed by atoms with Crippen LogP contribution in [0.1, 0.15) is 43.5 Å². The molecule has 6 heteroatoms. The molecule has 25 heavy (non-hydrogen) atoms. The first-order valence-corrected chi connectivity index (χ1v) is 7.70.